The maximum absolute atomic E-state index is 11.4. The molecule has 108 valence electrons. The molecule has 5 nitrogen and oxygen atoms in total. The molecule has 2 rings (SSSR count). The average molecular weight is 277 g/mol. The molecule has 5 heteroatoms. The van der Waals surface area contributed by atoms with Crippen molar-refractivity contribution in [2.75, 3.05) is 7.11 Å². The van der Waals surface area contributed by atoms with E-state index in [2.05, 4.69) is 9.72 Å². The third kappa shape index (κ3) is 3.65. The van der Waals surface area contributed by atoms with Crippen LogP contribution in [0.15, 0.2) is 24.4 Å². The second-order valence-electron chi connectivity index (χ2n) is 5.13. The molecule has 0 amide bonds. The number of hydrogen-bond acceptors (Lipinski definition) is 5. The molecule has 0 unspecified atom stereocenters. The molecule has 0 aliphatic heterocycles. The Morgan fingerprint density at radius 2 is 2.20 bits per heavy atom. The molecule has 1 heterocycles. The number of rotatable bonds is 3. The first-order valence-electron chi connectivity index (χ1n) is 6.66. The highest BCUT2D eigenvalue weighted by molar-refractivity contribution is 5.89. The summed E-state index contributed by atoms with van der Waals surface area (Å²) in [4.78, 5) is 15.6. The predicted molar refractivity (Wildman–Crippen MR) is 74.0 cm³/mol. The highest BCUT2D eigenvalue weighted by atomic mass is 16.5. The van der Waals surface area contributed by atoms with Crippen molar-refractivity contribution in [3.8, 4) is 0 Å². The lowest BCUT2D eigenvalue weighted by Crippen LogP contribution is -2.33. The van der Waals surface area contributed by atoms with Gasteiger partial charge in [-0.15, -0.1) is 0 Å². The maximum atomic E-state index is 11.4. The first-order valence-corrected chi connectivity index (χ1v) is 6.66. The lowest BCUT2D eigenvalue weighted by Gasteiger charge is -2.31. The van der Waals surface area contributed by atoms with Crippen molar-refractivity contribution in [2.24, 2.45) is 0 Å². The average Bonchev–Trinajstić information content (AvgIpc) is 2.48. The molecule has 0 saturated heterocycles. The molecule has 0 atom stereocenters. The largest absolute Gasteiger partial charge is 0.465 e. The van der Waals surface area contributed by atoms with Crippen molar-refractivity contribution >= 4 is 12.0 Å². The van der Waals surface area contributed by atoms with Gasteiger partial charge in [-0.3, -0.25) is 4.98 Å². The van der Waals surface area contributed by atoms with Gasteiger partial charge in [-0.05, 0) is 43.9 Å². The van der Waals surface area contributed by atoms with E-state index < -0.39 is 11.6 Å². The van der Waals surface area contributed by atoms with E-state index in [1.807, 2.05) is 0 Å². The van der Waals surface area contributed by atoms with Crippen LogP contribution in [-0.4, -0.2) is 40.0 Å². The molecule has 1 aromatic rings. The van der Waals surface area contributed by atoms with Gasteiger partial charge in [0.25, 0.3) is 0 Å². The number of aliphatic hydroxyl groups is 2. The molecular formula is C15H19NO4. The molecule has 2 N–H and O–H groups in total. The number of methoxy groups -OCH3 is 1. The molecule has 1 aromatic heterocycles. The van der Waals surface area contributed by atoms with Gasteiger partial charge in [-0.2, -0.15) is 0 Å². The summed E-state index contributed by atoms with van der Waals surface area (Å²) in [7, 11) is 1.33. The molecule has 1 fully saturated rings. The number of carbonyl (C=O) groups is 1. The fraction of sp³-hybridized carbons (Fsp3) is 0.467. The standard InChI is InChI=1S/C15H19NO4/c1-20-14(18)11-5-9-16-12(10-11)2-6-15(19)7-3-13(17)4-8-15/h2,5-6,9-10,13,17,19H,3-4,7-8H2,1H3/b6-2+. The minimum atomic E-state index is -0.901. The number of hydrogen-bond donors (Lipinski definition) is 2. The topological polar surface area (TPSA) is 79.7 Å². The van der Waals surface area contributed by atoms with Gasteiger partial charge in [0.1, 0.15) is 0 Å². The van der Waals surface area contributed by atoms with Crippen LogP contribution in [0.3, 0.4) is 0 Å². The Bertz CT molecular complexity index is 504. The van der Waals surface area contributed by atoms with Crippen LogP contribution in [0.4, 0.5) is 0 Å². The Hall–Kier alpha value is -1.72. The smallest absolute Gasteiger partial charge is 0.337 e. The van der Waals surface area contributed by atoms with E-state index in [9.17, 15) is 15.0 Å². The molecule has 1 aliphatic carbocycles. The van der Waals surface area contributed by atoms with Crippen molar-refractivity contribution in [3.05, 3.63) is 35.7 Å². The van der Waals surface area contributed by atoms with E-state index >= 15 is 0 Å². The van der Waals surface area contributed by atoms with Crippen LogP contribution in [0.2, 0.25) is 0 Å². The van der Waals surface area contributed by atoms with E-state index in [-0.39, 0.29) is 6.10 Å². The Morgan fingerprint density at radius 3 is 2.85 bits per heavy atom. The summed E-state index contributed by atoms with van der Waals surface area (Å²) >= 11 is 0. The zero-order chi connectivity index (χ0) is 14.6. The SMILES string of the molecule is COC(=O)c1ccnc(/C=C/C2(O)CCC(O)CC2)c1. The highest BCUT2D eigenvalue weighted by Gasteiger charge is 2.29. The van der Waals surface area contributed by atoms with Crippen LogP contribution in [0.1, 0.15) is 41.7 Å². The third-order valence-corrected chi connectivity index (χ3v) is 3.59. The first kappa shape index (κ1) is 14.7. The van der Waals surface area contributed by atoms with Gasteiger partial charge in [-0.1, -0.05) is 6.08 Å². The van der Waals surface area contributed by atoms with Crippen molar-refractivity contribution in [2.45, 2.75) is 37.4 Å². The predicted octanol–water partition coefficient (Wildman–Crippen LogP) is 1.55. The maximum Gasteiger partial charge on any atom is 0.337 e. The van der Waals surface area contributed by atoms with Crippen LogP contribution < -0.4 is 0 Å². The van der Waals surface area contributed by atoms with Crippen LogP contribution in [0.25, 0.3) is 6.08 Å². The van der Waals surface area contributed by atoms with Gasteiger partial charge < -0.3 is 14.9 Å². The van der Waals surface area contributed by atoms with Crippen molar-refractivity contribution in [1.29, 1.82) is 0 Å². The number of esters is 1. The Labute approximate surface area is 117 Å². The Morgan fingerprint density at radius 1 is 1.50 bits per heavy atom. The molecule has 1 saturated carbocycles. The number of ether oxygens (including phenoxy) is 1. The highest BCUT2D eigenvalue weighted by Crippen LogP contribution is 2.30. The molecule has 1 aliphatic rings. The monoisotopic (exact) mass is 277 g/mol. The van der Waals surface area contributed by atoms with Crippen LogP contribution in [-0.2, 0) is 4.74 Å². The number of aromatic nitrogens is 1. The van der Waals surface area contributed by atoms with E-state index in [0.29, 0.717) is 36.9 Å². The first-order chi connectivity index (χ1) is 9.52. The minimum absolute atomic E-state index is 0.315. The summed E-state index contributed by atoms with van der Waals surface area (Å²) in [6.07, 6.45) is 6.85. The van der Waals surface area contributed by atoms with Gasteiger partial charge in [0.15, 0.2) is 0 Å². The lowest BCUT2D eigenvalue weighted by atomic mass is 9.83. The summed E-state index contributed by atoms with van der Waals surface area (Å²) in [5.74, 6) is -0.415. The second kappa shape index (κ2) is 6.15. The Kier molecular flexibility index (Phi) is 4.52. The van der Waals surface area contributed by atoms with Crippen LogP contribution in [0, 0.1) is 0 Å². The van der Waals surface area contributed by atoms with Gasteiger partial charge in [0.05, 0.1) is 30.1 Å². The summed E-state index contributed by atoms with van der Waals surface area (Å²) in [5, 5.41) is 19.8. The number of nitrogens with zero attached hydrogens (tertiary/aromatic N) is 1. The fourth-order valence-electron chi connectivity index (χ4n) is 2.29. The van der Waals surface area contributed by atoms with Crippen LogP contribution in [0.5, 0.6) is 0 Å². The minimum Gasteiger partial charge on any atom is -0.465 e. The number of aliphatic hydroxyl groups excluding tert-OH is 1. The van der Waals surface area contributed by atoms with E-state index in [4.69, 9.17) is 0 Å². The third-order valence-electron chi connectivity index (χ3n) is 3.59. The van der Waals surface area contributed by atoms with Gasteiger partial charge in [0, 0.05) is 6.20 Å². The molecule has 0 spiro atoms. The molecule has 20 heavy (non-hydrogen) atoms. The van der Waals surface area contributed by atoms with Gasteiger partial charge in [0.2, 0.25) is 0 Å². The second-order valence-corrected chi connectivity index (χ2v) is 5.13. The summed E-state index contributed by atoms with van der Waals surface area (Å²) in [5.41, 5.74) is 0.114. The zero-order valence-electron chi connectivity index (χ0n) is 11.5. The molecule has 0 bridgehead atoms. The van der Waals surface area contributed by atoms with Gasteiger partial charge in [-0.25, -0.2) is 4.79 Å². The summed E-state index contributed by atoms with van der Waals surface area (Å²) < 4.78 is 4.65. The van der Waals surface area contributed by atoms with Crippen molar-refractivity contribution in [3.63, 3.8) is 0 Å². The normalized spacial score (nSPS) is 26.6. The number of pyridine rings is 1. The number of carbonyl (C=O) groups excluding carboxylic acids is 1. The lowest BCUT2D eigenvalue weighted by molar-refractivity contribution is 0.00418. The Balaban J connectivity index is 2.09. The molecular weight excluding hydrogens is 258 g/mol. The molecule has 0 radical (unpaired) electrons. The summed E-state index contributed by atoms with van der Waals surface area (Å²) in [6, 6.07) is 3.19. The quantitative estimate of drug-likeness (QED) is 0.819. The van der Waals surface area contributed by atoms with E-state index in [1.54, 1.807) is 24.3 Å². The van der Waals surface area contributed by atoms with Crippen molar-refractivity contribution < 1.29 is 19.7 Å². The fourth-order valence-corrected chi connectivity index (χ4v) is 2.29. The molecule has 0 aromatic carbocycles. The van der Waals surface area contributed by atoms with Crippen LogP contribution >= 0.6 is 0 Å². The zero-order valence-corrected chi connectivity index (χ0v) is 11.5. The van der Waals surface area contributed by atoms with Crippen molar-refractivity contribution in [1.82, 2.24) is 4.98 Å². The van der Waals surface area contributed by atoms with Gasteiger partial charge >= 0.3 is 5.97 Å². The van der Waals surface area contributed by atoms with E-state index in [1.165, 1.54) is 13.3 Å². The summed E-state index contributed by atoms with van der Waals surface area (Å²) in [6.45, 7) is 0. The van der Waals surface area contributed by atoms with E-state index in [0.717, 1.165) is 0 Å².